The Labute approximate surface area is 214 Å². The van der Waals surface area contributed by atoms with Gasteiger partial charge in [0.25, 0.3) is 11.6 Å². The summed E-state index contributed by atoms with van der Waals surface area (Å²) in [6, 6.07) is 19.1. The maximum Gasteiger partial charge on any atom is 0.269 e. The minimum atomic E-state index is -0.779. The molecule has 0 aromatic heterocycles. The highest BCUT2D eigenvalue weighted by molar-refractivity contribution is 8.05. The third-order valence-electron chi connectivity index (χ3n) is 5.23. The Morgan fingerprint density at radius 3 is 2.50 bits per heavy atom. The van der Waals surface area contributed by atoms with Gasteiger partial charge in [0.1, 0.15) is 22.5 Å². The largest absolute Gasteiger partial charge is 0.321 e. The highest BCUT2D eigenvalue weighted by Gasteiger charge is 2.41. The summed E-state index contributed by atoms with van der Waals surface area (Å²) >= 11 is 6.88. The molecule has 0 spiro atoms. The van der Waals surface area contributed by atoms with Gasteiger partial charge in [-0.1, -0.05) is 35.5 Å². The van der Waals surface area contributed by atoms with Gasteiger partial charge in [0.15, 0.2) is 0 Å². The van der Waals surface area contributed by atoms with Crippen LogP contribution in [0.4, 0.5) is 21.5 Å². The number of amides is 2. The summed E-state index contributed by atoms with van der Waals surface area (Å²) in [4.78, 5) is 38.3. The molecule has 0 unspecified atom stereocenters. The summed E-state index contributed by atoms with van der Waals surface area (Å²) < 4.78 is 13.6. The summed E-state index contributed by atoms with van der Waals surface area (Å²) in [5.74, 6) is -1.70. The highest BCUT2D eigenvalue weighted by atomic mass is 35.5. The van der Waals surface area contributed by atoms with Crippen LogP contribution in [-0.2, 0) is 16.0 Å². The zero-order chi connectivity index (χ0) is 25.8. The Morgan fingerprint density at radius 1 is 1.17 bits per heavy atom. The second-order valence-corrected chi connectivity index (χ2v) is 9.27. The van der Waals surface area contributed by atoms with E-state index in [1.807, 2.05) is 6.07 Å². The van der Waals surface area contributed by atoms with Gasteiger partial charge in [-0.05, 0) is 60.5 Å². The Morgan fingerprint density at radius 2 is 1.86 bits per heavy atom. The smallest absolute Gasteiger partial charge is 0.269 e. The molecule has 1 aliphatic heterocycles. The fourth-order valence-electron chi connectivity index (χ4n) is 3.55. The standard InChI is InChI=1S/C25H16ClFN4O4S/c26-16-4-8-18(9-5-16)29-23(32)21(14-28)25-30(19-10-6-17(27)7-11-19)24(33)22(36-25)13-15-2-1-3-20(12-15)31(34)35/h1-12,22H,13H2,(H,29,32)/b25-21-/t22-/m1/s1. The van der Waals surface area contributed by atoms with Gasteiger partial charge in [-0.15, -0.1) is 0 Å². The number of benzene rings is 3. The Bertz CT molecular complexity index is 1420. The summed E-state index contributed by atoms with van der Waals surface area (Å²) in [6.07, 6.45) is 0.115. The topological polar surface area (TPSA) is 116 Å². The van der Waals surface area contributed by atoms with Gasteiger partial charge in [0, 0.05) is 28.5 Å². The van der Waals surface area contributed by atoms with Crippen LogP contribution in [0.25, 0.3) is 0 Å². The molecule has 11 heteroatoms. The molecule has 1 heterocycles. The average Bonchev–Trinajstić information content (AvgIpc) is 3.17. The third kappa shape index (κ3) is 5.38. The summed E-state index contributed by atoms with van der Waals surface area (Å²) in [5, 5.41) is 23.4. The lowest BCUT2D eigenvalue weighted by Gasteiger charge is -2.18. The predicted octanol–water partition coefficient (Wildman–Crippen LogP) is 5.45. The Hall–Kier alpha value is -4.20. The van der Waals surface area contributed by atoms with E-state index in [0.29, 0.717) is 16.3 Å². The molecule has 4 rings (SSSR count). The quantitative estimate of drug-likeness (QED) is 0.199. The zero-order valence-corrected chi connectivity index (χ0v) is 19.9. The first-order valence-electron chi connectivity index (χ1n) is 10.5. The third-order valence-corrected chi connectivity index (χ3v) is 6.75. The molecule has 180 valence electrons. The van der Waals surface area contributed by atoms with Crippen LogP contribution in [0.15, 0.2) is 83.4 Å². The molecule has 1 N–H and O–H groups in total. The van der Waals surface area contributed by atoms with Crippen molar-refractivity contribution in [2.24, 2.45) is 0 Å². The van der Waals surface area contributed by atoms with Crippen LogP contribution in [-0.4, -0.2) is 22.0 Å². The molecule has 36 heavy (non-hydrogen) atoms. The number of nitro groups is 1. The van der Waals surface area contributed by atoms with Crippen LogP contribution >= 0.6 is 23.4 Å². The van der Waals surface area contributed by atoms with E-state index in [1.54, 1.807) is 30.3 Å². The number of hydrogen-bond donors (Lipinski definition) is 1. The molecule has 3 aromatic carbocycles. The van der Waals surface area contributed by atoms with Crippen molar-refractivity contribution in [3.63, 3.8) is 0 Å². The molecule has 1 aliphatic rings. The molecule has 1 saturated heterocycles. The zero-order valence-electron chi connectivity index (χ0n) is 18.4. The van der Waals surface area contributed by atoms with Crippen LogP contribution in [0, 0.1) is 27.3 Å². The molecule has 0 saturated carbocycles. The number of hydrogen-bond acceptors (Lipinski definition) is 6. The van der Waals surface area contributed by atoms with Crippen molar-refractivity contribution >= 4 is 52.2 Å². The van der Waals surface area contributed by atoms with Crippen LogP contribution in [0.3, 0.4) is 0 Å². The molecular weight excluding hydrogens is 507 g/mol. The maximum atomic E-state index is 13.6. The van der Waals surface area contributed by atoms with E-state index < -0.39 is 27.8 Å². The number of rotatable bonds is 6. The number of nitriles is 1. The van der Waals surface area contributed by atoms with Crippen molar-refractivity contribution in [2.45, 2.75) is 11.7 Å². The van der Waals surface area contributed by atoms with Gasteiger partial charge in [-0.3, -0.25) is 24.6 Å². The van der Waals surface area contributed by atoms with Crippen molar-refractivity contribution in [1.29, 1.82) is 5.26 Å². The summed E-state index contributed by atoms with van der Waals surface area (Å²) in [5.41, 5.74) is 0.786. The van der Waals surface area contributed by atoms with Crippen molar-refractivity contribution in [2.75, 3.05) is 10.2 Å². The Balaban J connectivity index is 1.72. The number of non-ortho nitro benzene ring substituents is 1. The number of nitrogens with zero attached hydrogens (tertiary/aromatic N) is 3. The fourth-order valence-corrected chi connectivity index (χ4v) is 4.98. The van der Waals surface area contributed by atoms with Crippen LogP contribution < -0.4 is 10.2 Å². The van der Waals surface area contributed by atoms with Gasteiger partial charge in [-0.2, -0.15) is 5.26 Å². The minimum absolute atomic E-state index is 0.0796. The van der Waals surface area contributed by atoms with Gasteiger partial charge in [0.05, 0.1) is 10.2 Å². The molecule has 1 fully saturated rings. The van der Waals surface area contributed by atoms with Gasteiger partial charge in [0.2, 0.25) is 5.91 Å². The summed E-state index contributed by atoms with van der Waals surface area (Å²) in [7, 11) is 0. The number of nitrogens with one attached hydrogen (secondary N) is 1. The fraction of sp³-hybridized carbons (Fsp3) is 0.0800. The molecule has 8 nitrogen and oxygen atoms in total. The lowest BCUT2D eigenvalue weighted by Crippen LogP contribution is -2.31. The number of thioether (sulfide) groups is 1. The van der Waals surface area contributed by atoms with Crippen LogP contribution in [0.5, 0.6) is 0 Å². The first-order valence-corrected chi connectivity index (χ1v) is 11.7. The lowest BCUT2D eigenvalue weighted by atomic mass is 10.1. The van der Waals surface area contributed by atoms with E-state index in [-0.39, 0.29) is 28.4 Å². The van der Waals surface area contributed by atoms with E-state index in [2.05, 4.69) is 5.32 Å². The second-order valence-electron chi connectivity index (χ2n) is 7.64. The van der Waals surface area contributed by atoms with E-state index in [4.69, 9.17) is 11.6 Å². The molecule has 2 amide bonds. The minimum Gasteiger partial charge on any atom is -0.321 e. The molecule has 0 bridgehead atoms. The van der Waals surface area contributed by atoms with Crippen molar-refractivity contribution < 1.29 is 18.9 Å². The number of carbonyl (C=O) groups is 2. The van der Waals surface area contributed by atoms with Crippen LogP contribution in [0.2, 0.25) is 5.02 Å². The van der Waals surface area contributed by atoms with E-state index in [9.17, 15) is 29.4 Å². The average molecular weight is 523 g/mol. The number of anilines is 2. The lowest BCUT2D eigenvalue weighted by molar-refractivity contribution is -0.384. The van der Waals surface area contributed by atoms with Gasteiger partial charge < -0.3 is 5.32 Å². The number of nitro benzene ring substituents is 1. The highest BCUT2D eigenvalue weighted by Crippen LogP contribution is 2.42. The summed E-state index contributed by atoms with van der Waals surface area (Å²) in [6.45, 7) is 0. The monoisotopic (exact) mass is 522 g/mol. The predicted molar refractivity (Wildman–Crippen MR) is 135 cm³/mol. The van der Waals surface area contributed by atoms with E-state index in [0.717, 1.165) is 11.8 Å². The number of carbonyl (C=O) groups excluding carboxylic acids is 2. The first-order chi connectivity index (χ1) is 17.3. The van der Waals surface area contributed by atoms with Crippen molar-refractivity contribution in [3.8, 4) is 6.07 Å². The van der Waals surface area contributed by atoms with Crippen molar-refractivity contribution in [3.05, 3.63) is 110 Å². The normalized spacial score (nSPS) is 16.4. The maximum absolute atomic E-state index is 13.6. The second kappa shape index (κ2) is 10.6. The SMILES string of the molecule is N#C/C(C(=O)Nc1ccc(Cl)cc1)=C1/S[C@H](Cc2cccc([N+](=O)[O-])c2)C(=O)N1c1ccc(F)cc1. The van der Waals surface area contributed by atoms with Crippen molar-refractivity contribution in [1.82, 2.24) is 0 Å². The van der Waals surface area contributed by atoms with Gasteiger partial charge >= 0.3 is 0 Å². The first kappa shape index (κ1) is 24.9. The van der Waals surface area contributed by atoms with E-state index in [1.165, 1.54) is 47.4 Å². The van der Waals surface area contributed by atoms with Crippen LogP contribution in [0.1, 0.15) is 5.56 Å². The molecule has 0 aliphatic carbocycles. The molecule has 1 atom stereocenters. The van der Waals surface area contributed by atoms with E-state index >= 15 is 0 Å². The molecule has 3 aromatic rings. The Kier molecular flexibility index (Phi) is 7.33. The van der Waals surface area contributed by atoms with Gasteiger partial charge in [-0.25, -0.2) is 4.39 Å². The number of halogens is 2. The molecular formula is C25H16ClFN4O4S. The molecule has 0 radical (unpaired) electrons.